The van der Waals surface area contributed by atoms with Crippen LogP contribution in [0.3, 0.4) is 0 Å². The van der Waals surface area contributed by atoms with Gasteiger partial charge in [-0.2, -0.15) is 18.4 Å². The number of carbonyl (C=O) groups is 1. The maximum Gasteiger partial charge on any atom is 0.417 e. The zero-order valence-corrected chi connectivity index (χ0v) is 19.6. The van der Waals surface area contributed by atoms with Crippen molar-refractivity contribution in [2.24, 2.45) is 11.8 Å². The molecule has 1 aliphatic rings. The minimum atomic E-state index is -4.77. The van der Waals surface area contributed by atoms with Crippen LogP contribution in [0.1, 0.15) is 42.4 Å². The van der Waals surface area contributed by atoms with Crippen LogP contribution in [0.4, 0.5) is 13.2 Å². The lowest BCUT2D eigenvalue weighted by Gasteiger charge is -2.29. The number of aliphatic carboxylic acids is 1. The molecular weight excluding hydrogens is 499 g/mol. The van der Waals surface area contributed by atoms with Gasteiger partial charge in [-0.05, 0) is 42.5 Å². The number of carboxylic acid groups (broad SMARTS) is 1. The van der Waals surface area contributed by atoms with Crippen LogP contribution in [0.5, 0.6) is 0 Å². The minimum Gasteiger partial charge on any atom is -0.481 e. The number of carboxylic acids is 1. The summed E-state index contributed by atoms with van der Waals surface area (Å²) in [5.74, 6) is -2.21. The number of hydrogen-bond acceptors (Lipinski definition) is 4. The first-order valence-corrected chi connectivity index (χ1v) is 11.7. The van der Waals surface area contributed by atoms with Crippen LogP contribution in [0, 0.1) is 23.2 Å². The normalized spacial score (nSPS) is 18.2. The van der Waals surface area contributed by atoms with Gasteiger partial charge in [0.15, 0.2) is 0 Å². The fourth-order valence-electron chi connectivity index (χ4n) is 4.99. The topological polar surface area (TPSA) is 105 Å². The highest BCUT2D eigenvalue weighted by Gasteiger charge is 2.35. The quantitative estimate of drug-likeness (QED) is 0.528. The van der Waals surface area contributed by atoms with E-state index >= 15 is 0 Å². The predicted molar refractivity (Wildman–Crippen MR) is 126 cm³/mol. The molecule has 1 heterocycles. The smallest absolute Gasteiger partial charge is 0.417 e. The Hall–Kier alpha value is -3.58. The molecule has 11 heteroatoms. The molecule has 2 atom stereocenters. The number of alkyl halides is 3. The lowest BCUT2D eigenvalue weighted by Crippen LogP contribution is -2.44. The molecule has 0 aliphatic heterocycles. The maximum absolute atomic E-state index is 13.6. The highest BCUT2D eigenvalue weighted by molar-refractivity contribution is 6.35. The molecule has 188 valence electrons. The average Bonchev–Trinajstić information content (AvgIpc) is 2.83. The third-order valence-electron chi connectivity index (χ3n) is 6.74. The second-order valence-corrected chi connectivity index (χ2v) is 9.26. The van der Waals surface area contributed by atoms with Gasteiger partial charge in [-0.1, -0.05) is 42.6 Å². The lowest BCUT2D eigenvalue weighted by atomic mass is 9.79. The summed E-state index contributed by atoms with van der Waals surface area (Å²) in [5, 5.41) is 19.2. The van der Waals surface area contributed by atoms with E-state index in [-0.39, 0.29) is 28.0 Å². The van der Waals surface area contributed by atoms with E-state index in [4.69, 9.17) is 11.6 Å². The van der Waals surface area contributed by atoms with E-state index in [1.165, 1.54) is 24.3 Å². The molecule has 36 heavy (non-hydrogen) atoms. The molecule has 1 fully saturated rings. The van der Waals surface area contributed by atoms with Crippen molar-refractivity contribution in [3.8, 4) is 6.07 Å². The zero-order chi connectivity index (χ0) is 26.2. The van der Waals surface area contributed by atoms with E-state index in [9.17, 15) is 37.9 Å². The highest BCUT2D eigenvalue weighted by Crippen LogP contribution is 2.34. The summed E-state index contributed by atoms with van der Waals surface area (Å²) in [6.45, 7) is -0.584. The zero-order valence-electron chi connectivity index (χ0n) is 18.9. The molecule has 2 unspecified atom stereocenters. The second kappa shape index (κ2) is 9.82. The Balaban J connectivity index is 1.92. The maximum atomic E-state index is 13.6. The van der Waals surface area contributed by atoms with Crippen molar-refractivity contribution < 1.29 is 23.1 Å². The first-order chi connectivity index (χ1) is 17.0. The summed E-state index contributed by atoms with van der Waals surface area (Å²) < 4.78 is 42.5. The Morgan fingerprint density at radius 3 is 2.47 bits per heavy atom. The van der Waals surface area contributed by atoms with Crippen molar-refractivity contribution in [3.05, 3.63) is 78.9 Å². The van der Waals surface area contributed by atoms with E-state index in [0.717, 1.165) is 34.1 Å². The summed E-state index contributed by atoms with van der Waals surface area (Å²) in [6, 6.07) is 9.24. The van der Waals surface area contributed by atoms with Gasteiger partial charge in [0, 0.05) is 6.54 Å². The Labute approximate surface area is 208 Å². The number of nitrogens with zero attached hydrogens (tertiary/aromatic N) is 3. The Bertz CT molecular complexity index is 1500. The lowest BCUT2D eigenvalue weighted by molar-refractivity contribution is -0.145. The van der Waals surface area contributed by atoms with E-state index in [0.29, 0.717) is 12.8 Å². The van der Waals surface area contributed by atoms with Crippen molar-refractivity contribution in [1.82, 2.24) is 9.13 Å². The molecule has 3 aromatic rings. The van der Waals surface area contributed by atoms with Crippen molar-refractivity contribution in [2.75, 3.05) is 0 Å². The standard InChI is InChI=1S/C25H21ClF3N3O4/c26-19-9-4-10-20-21(19)22(33)32(13-14-5-1-2-7-16(14)23(34)35)24(36)31(20)12-15-6-3-8-18(17(15)11-30)25(27,28)29/h3-4,6,8-10,14,16H,1-2,5,7,12-13H2,(H,34,35). The molecule has 1 aromatic heterocycles. The van der Waals surface area contributed by atoms with E-state index in [2.05, 4.69) is 0 Å². The molecule has 0 amide bonds. The van der Waals surface area contributed by atoms with Crippen molar-refractivity contribution in [1.29, 1.82) is 5.26 Å². The van der Waals surface area contributed by atoms with Gasteiger partial charge in [-0.25, -0.2) is 4.79 Å². The summed E-state index contributed by atoms with van der Waals surface area (Å²) in [7, 11) is 0. The fourth-order valence-corrected chi connectivity index (χ4v) is 5.24. The van der Waals surface area contributed by atoms with Crippen LogP contribution in [0.2, 0.25) is 5.02 Å². The summed E-state index contributed by atoms with van der Waals surface area (Å²) in [4.78, 5) is 38.7. The van der Waals surface area contributed by atoms with Crippen LogP contribution in [0.25, 0.3) is 10.9 Å². The molecule has 0 spiro atoms. The monoisotopic (exact) mass is 519 g/mol. The molecule has 0 radical (unpaired) electrons. The Morgan fingerprint density at radius 2 is 1.81 bits per heavy atom. The van der Waals surface area contributed by atoms with Gasteiger partial charge in [0.05, 0.1) is 39.5 Å². The largest absolute Gasteiger partial charge is 0.481 e. The van der Waals surface area contributed by atoms with Crippen LogP contribution in [-0.2, 0) is 24.1 Å². The highest BCUT2D eigenvalue weighted by atomic mass is 35.5. The number of aromatic nitrogens is 2. The molecule has 0 saturated heterocycles. The van der Waals surface area contributed by atoms with Crippen LogP contribution >= 0.6 is 11.6 Å². The number of benzene rings is 2. The molecule has 7 nitrogen and oxygen atoms in total. The molecule has 1 saturated carbocycles. The van der Waals surface area contributed by atoms with Gasteiger partial charge in [-0.15, -0.1) is 0 Å². The van der Waals surface area contributed by atoms with Crippen LogP contribution < -0.4 is 11.2 Å². The first-order valence-electron chi connectivity index (χ1n) is 11.3. The molecule has 1 N–H and O–H groups in total. The summed E-state index contributed by atoms with van der Waals surface area (Å²) in [5.41, 5.74) is -3.21. The molecule has 1 aliphatic carbocycles. The van der Waals surface area contributed by atoms with Crippen LogP contribution in [0.15, 0.2) is 46.0 Å². The van der Waals surface area contributed by atoms with Gasteiger partial charge in [0.25, 0.3) is 5.56 Å². The predicted octanol–water partition coefficient (Wildman–Crippen LogP) is 4.65. The molecule has 4 rings (SSSR count). The van der Waals surface area contributed by atoms with E-state index in [1.807, 2.05) is 0 Å². The second-order valence-electron chi connectivity index (χ2n) is 8.86. The number of hydrogen-bond donors (Lipinski definition) is 1. The van der Waals surface area contributed by atoms with Gasteiger partial charge in [-0.3, -0.25) is 18.7 Å². The molecular formula is C25H21ClF3N3O4. The van der Waals surface area contributed by atoms with Gasteiger partial charge < -0.3 is 5.11 Å². The number of rotatable bonds is 5. The number of fused-ring (bicyclic) bond motifs is 1. The van der Waals surface area contributed by atoms with E-state index < -0.39 is 52.9 Å². The van der Waals surface area contributed by atoms with Gasteiger partial charge in [0.1, 0.15) is 6.07 Å². The van der Waals surface area contributed by atoms with Gasteiger partial charge in [0.2, 0.25) is 0 Å². The molecule has 2 aromatic carbocycles. The van der Waals surface area contributed by atoms with Crippen molar-refractivity contribution in [3.63, 3.8) is 0 Å². The average molecular weight is 520 g/mol. The van der Waals surface area contributed by atoms with Crippen molar-refractivity contribution in [2.45, 2.75) is 44.9 Å². The Morgan fingerprint density at radius 1 is 1.11 bits per heavy atom. The minimum absolute atomic E-state index is 0.00747. The third-order valence-corrected chi connectivity index (χ3v) is 7.06. The SMILES string of the molecule is N#Cc1c(Cn2c(=O)n(CC3CCCCC3C(=O)O)c(=O)c3c(Cl)cccc32)cccc1C(F)(F)F. The fraction of sp³-hybridized carbons (Fsp3) is 0.360. The van der Waals surface area contributed by atoms with Crippen LogP contribution in [-0.4, -0.2) is 20.2 Å². The summed E-state index contributed by atoms with van der Waals surface area (Å²) in [6.07, 6.45) is -2.37. The van der Waals surface area contributed by atoms with E-state index in [1.54, 1.807) is 6.07 Å². The Kier molecular flexibility index (Phi) is 6.96. The van der Waals surface area contributed by atoms with Gasteiger partial charge >= 0.3 is 17.8 Å². The number of nitriles is 1. The summed E-state index contributed by atoms with van der Waals surface area (Å²) >= 11 is 6.30. The number of halogens is 4. The molecule has 0 bridgehead atoms. The van der Waals surface area contributed by atoms with Crippen molar-refractivity contribution >= 4 is 28.5 Å². The third kappa shape index (κ3) is 4.63. The first kappa shape index (κ1) is 25.5.